The van der Waals surface area contributed by atoms with Gasteiger partial charge in [-0.05, 0) is 19.4 Å². The average molecular weight is 172 g/mol. The molecule has 0 aromatic rings. The normalized spacial score (nSPS) is 26.1. The summed E-state index contributed by atoms with van der Waals surface area (Å²) in [5.74, 6) is -0.390. The Hall–Kier alpha value is 0.110. The van der Waals surface area contributed by atoms with Crippen molar-refractivity contribution >= 4 is 12.4 Å². The van der Waals surface area contributed by atoms with Gasteiger partial charge in [0, 0.05) is 12.5 Å². The molecule has 62 valence electrons. The van der Waals surface area contributed by atoms with Crippen molar-refractivity contribution in [2.75, 3.05) is 13.1 Å². The summed E-state index contributed by atoms with van der Waals surface area (Å²) in [6.45, 7) is 1.40. The van der Waals surface area contributed by atoms with Crippen LogP contribution >= 0.6 is 12.4 Å². The summed E-state index contributed by atoms with van der Waals surface area (Å²) in [7, 11) is 0. The lowest BCUT2D eigenvalue weighted by molar-refractivity contribution is 0.0633. The second-order valence-electron chi connectivity index (χ2n) is 2.44. The Morgan fingerprint density at radius 3 is 2.40 bits per heavy atom. The number of hydrogen-bond donors (Lipinski definition) is 1. The van der Waals surface area contributed by atoms with E-state index in [2.05, 4.69) is 5.32 Å². The van der Waals surface area contributed by atoms with E-state index in [1.54, 1.807) is 0 Å². The SMILES string of the molecule is Cl.FC(F)[C@H]1CCCNC1. The number of hydrogen-bond acceptors (Lipinski definition) is 1. The molecule has 1 rings (SSSR count). The van der Waals surface area contributed by atoms with Crippen molar-refractivity contribution in [3.05, 3.63) is 0 Å². The first-order valence-corrected chi connectivity index (χ1v) is 3.29. The Balaban J connectivity index is 0.000000810. The van der Waals surface area contributed by atoms with E-state index in [0.29, 0.717) is 13.0 Å². The maximum Gasteiger partial charge on any atom is 0.242 e. The summed E-state index contributed by atoms with van der Waals surface area (Å²) in [6.07, 6.45) is -0.544. The zero-order chi connectivity index (χ0) is 6.69. The molecule has 1 N–H and O–H groups in total. The Bertz CT molecular complexity index is 83.8. The van der Waals surface area contributed by atoms with Crippen LogP contribution in [0, 0.1) is 5.92 Å². The van der Waals surface area contributed by atoms with Gasteiger partial charge in [0.25, 0.3) is 0 Å². The maximum atomic E-state index is 11.9. The molecular weight excluding hydrogens is 160 g/mol. The lowest BCUT2D eigenvalue weighted by Crippen LogP contribution is -2.33. The first-order chi connectivity index (χ1) is 4.30. The molecule has 1 atom stereocenters. The van der Waals surface area contributed by atoms with Crippen LogP contribution in [-0.4, -0.2) is 19.5 Å². The van der Waals surface area contributed by atoms with Crippen LogP contribution in [0.4, 0.5) is 8.78 Å². The molecule has 1 saturated heterocycles. The van der Waals surface area contributed by atoms with Crippen molar-refractivity contribution in [2.45, 2.75) is 19.3 Å². The van der Waals surface area contributed by atoms with Gasteiger partial charge in [-0.15, -0.1) is 12.4 Å². The molecule has 0 aromatic heterocycles. The fraction of sp³-hybridized carbons (Fsp3) is 1.00. The molecule has 4 heteroatoms. The van der Waals surface area contributed by atoms with E-state index >= 15 is 0 Å². The molecule has 0 aliphatic carbocycles. The fourth-order valence-electron chi connectivity index (χ4n) is 1.09. The van der Waals surface area contributed by atoms with Crippen LogP contribution in [0.25, 0.3) is 0 Å². The first-order valence-electron chi connectivity index (χ1n) is 3.29. The van der Waals surface area contributed by atoms with Gasteiger partial charge in [0.15, 0.2) is 0 Å². The summed E-state index contributed by atoms with van der Waals surface area (Å²) in [5, 5.41) is 2.94. The number of halogens is 3. The molecular formula is C6H12ClF2N. The lowest BCUT2D eigenvalue weighted by atomic mass is 10.0. The quantitative estimate of drug-likeness (QED) is 0.633. The van der Waals surface area contributed by atoms with Crippen LogP contribution in [0.1, 0.15) is 12.8 Å². The third-order valence-electron chi connectivity index (χ3n) is 1.69. The van der Waals surface area contributed by atoms with Gasteiger partial charge in [-0.25, -0.2) is 8.78 Å². The first kappa shape index (κ1) is 10.1. The zero-order valence-corrected chi connectivity index (χ0v) is 6.46. The number of rotatable bonds is 1. The van der Waals surface area contributed by atoms with Crippen LogP contribution in [0.3, 0.4) is 0 Å². The van der Waals surface area contributed by atoms with Crippen molar-refractivity contribution in [1.29, 1.82) is 0 Å². The summed E-state index contributed by atoms with van der Waals surface area (Å²) < 4.78 is 23.8. The van der Waals surface area contributed by atoms with E-state index in [0.717, 1.165) is 13.0 Å². The standard InChI is InChI=1S/C6H11F2N.ClH/c7-6(8)5-2-1-3-9-4-5;/h5-6,9H,1-4H2;1H/t5-;/m0./s1. The highest BCUT2D eigenvalue weighted by Crippen LogP contribution is 2.17. The van der Waals surface area contributed by atoms with E-state index < -0.39 is 12.3 Å². The van der Waals surface area contributed by atoms with Crippen molar-refractivity contribution in [2.24, 2.45) is 5.92 Å². The Morgan fingerprint density at radius 2 is 2.10 bits per heavy atom. The van der Waals surface area contributed by atoms with Crippen LogP contribution in [0.15, 0.2) is 0 Å². The smallest absolute Gasteiger partial charge is 0.242 e. The van der Waals surface area contributed by atoms with Gasteiger partial charge in [-0.3, -0.25) is 0 Å². The predicted octanol–water partition coefficient (Wildman–Crippen LogP) is 1.67. The molecule has 1 nitrogen and oxygen atoms in total. The van der Waals surface area contributed by atoms with E-state index in [9.17, 15) is 8.78 Å². The molecule has 1 aliphatic rings. The van der Waals surface area contributed by atoms with Crippen molar-refractivity contribution in [3.8, 4) is 0 Å². The van der Waals surface area contributed by atoms with Crippen LogP contribution in [0.2, 0.25) is 0 Å². The second kappa shape index (κ2) is 4.85. The second-order valence-corrected chi connectivity index (χ2v) is 2.44. The van der Waals surface area contributed by atoms with E-state index in [1.165, 1.54) is 0 Å². The Labute approximate surface area is 65.6 Å². The largest absolute Gasteiger partial charge is 0.316 e. The molecule has 1 heterocycles. The fourth-order valence-corrected chi connectivity index (χ4v) is 1.09. The number of nitrogens with one attached hydrogen (secondary N) is 1. The van der Waals surface area contributed by atoms with Gasteiger partial charge in [0.05, 0.1) is 0 Å². The zero-order valence-electron chi connectivity index (χ0n) is 5.65. The Kier molecular flexibility index (Phi) is 4.91. The average Bonchev–Trinajstić information content (AvgIpc) is 1.90. The minimum Gasteiger partial charge on any atom is -0.316 e. The lowest BCUT2D eigenvalue weighted by Gasteiger charge is -2.21. The Morgan fingerprint density at radius 1 is 1.40 bits per heavy atom. The van der Waals surface area contributed by atoms with Gasteiger partial charge < -0.3 is 5.32 Å². The van der Waals surface area contributed by atoms with Crippen molar-refractivity contribution < 1.29 is 8.78 Å². The number of piperidine rings is 1. The minimum absolute atomic E-state index is 0. The van der Waals surface area contributed by atoms with Crippen molar-refractivity contribution in [3.63, 3.8) is 0 Å². The molecule has 0 unspecified atom stereocenters. The summed E-state index contributed by atoms with van der Waals surface area (Å²) >= 11 is 0. The van der Waals surface area contributed by atoms with E-state index in [1.807, 2.05) is 0 Å². The van der Waals surface area contributed by atoms with Gasteiger partial charge in [0.1, 0.15) is 0 Å². The number of alkyl halides is 2. The summed E-state index contributed by atoms with van der Waals surface area (Å²) in [4.78, 5) is 0. The molecule has 0 aromatic carbocycles. The molecule has 0 spiro atoms. The highest BCUT2D eigenvalue weighted by atomic mass is 35.5. The van der Waals surface area contributed by atoms with Gasteiger partial charge in [-0.2, -0.15) is 0 Å². The molecule has 1 aliphatic heterocycles. The third kappa shape index (κ3) is 2.80. The maximum absolute atomic E-state index is 11.9. The van der Waals surface area contributed by atoms with E-state index in [4.69, 9.17) is 0 Å². The topological polar surface area (TPSA) is 12.0 Å². The molecule has 0 saturated carbocycles. The molecule has 0 radical (unpaired) electrons. The molecule has 1 fully saturated rings. The summed E-state index contributed by atoms with van der Waals surface area (Å²) in [6, 6.07) is 0. The van der Waals surface area contributed by atoms with Crippen LogP contribution in [0.5, 0.6) is 0 Å². The van der Waals surface area contributed by atoms with Gasteiger partial charge in [0.2, 0.25) is 6.43 Å². The summed E-state index contributed by atoms with van der Waals surface area (Å²) in [5.41, 5.74) is 0. The molecule has 0 amide bonds. The third-order valence-corrected chi connectivity index (χ3v) is 1.69. The van der Waals surface area contributed by atoms with Gasteiger partial charge >= 0.3 is 0 Å². The highest BCUT2D eigenvalue weighted by Gasteiger charge is 2.21. The molecule has 0 bridgehead atoms. The van der Waals surface area contributed by atoms with E-state index in [-0.39, 0.29) is 12.4 Å². The van der Waals surface area contributed by atoms with Crippen LogP contribution in [-0.2, 0) is 0 Å². The molecule has 10 heavy (non-hydrogen) atoms. The van der Waals surface area contributed by atoms with Crippen molar-refractivity contribution in [1.82, 2.24) is 5.32 Å². The predicted molar refractivity (Wildman–Crippen MR) is 38.8 cm³/mol. The van der Waals surface area contributed by atoms with Gasteiger partial charge in [-0.1, -0.05) is 0 Å². The van der Waals surface area contributed by atoms with Crippen LogP contribution < -0.4 is 5.32 Å². The monoisotopic (exact) mass is 171 g/mol. The minimum atomic E-state index is -2.13. The highest BCUT2D eigenvalue weighted by molar-refractivity contribution is 5.85.